The van der Waals surface area contributed by atoms with Crippen molar-refractivity contribution in [3.8, 4) is 5.75 Å². The fraction of sp³-hybridized carbons (Fsp3) is 0.733. The fourth-order valence-corrected chi connectivity index (χ4v) is 2.67. The van der Waals surface area contributed by atoms with Gasteiger partial charge in [0.2, 0.25) is 5.75 Å². The number of nitrogens with one attached hydrogen (secondary N) is 2. The molecule has 0 bridgehead atoms. The molecule has 21 heavy (non-hydrogen) atoms. The highest BCUT2D eigenvalue weighted by molar-refractivity contribution is 5.63. The predicted octanol–water partition coefficient (Wildman–Crippen LogP) is 2.53. The van der Waals surface area contributed by atoms with Crippen LogP contribution in [0.1, 0.15) is 33.1 Å². The molecular formula is C15H26N4O2. The van der Waals surface area contributed by atoms with E-state index >= 15 is 0 Å². The van der Waals surface area contributed by atoms with Gasteiger partial charge in [0.05, 0.1) is 13.2 Å². The smallest absolute Gasteiger partial charge is 0.204 e. The number of nitrogens with zero attached hydrogens (tertiary/aromatic N) is 2. The molecule has 2 unspecified atom stereocenters. The van der Waals surface area contributed by atoms with E-state index in [4.69, 9.17) is 9.47 Å². The first-order valence-corrected chi connectivity index (χ1v) is 7.78. The molecule has 0 spiro atoms. The summed E-state index contributed by atoms with van der Waals surface area (Å²) in [5, 5.41) is 6.65. The molecule has 0 aromatic carbocycles. The average Bonchev–Trinajstić information content (AvgIpc) is 2.98. The summed E-state index contributed by atoms with van der Waals surface area (Å²) in [6, 6.07) is 0. The normalized spacial score (nSPS) is 21.3. The third kappa shape index (κ3) is 3.97. The molecule has 2 rings (SSSR count). The van der Waals surface area contributed by atoms with Gasteiger partial charge in [-0.3, -0.25) is 0 Å². The van der Waals surface area contributed by atoms with Gasteiger partial charge in [-0.25, -0.2) is 9.97 Å². The number of aromatic nitrogens is 2. The number of hydrogen-bond acceptors (Lipinski definition) is 6. The molecule has 0 aliphatic carbocycles. The average molecular weight is 294 g/mol. The third-order valence-electron chi connectivity index (χ3n) is 3.83. The second-order valence-electron chi connectivity index (χ2n) is 5.28. The minimum atomic E-state index is 0.350. The first-order chi connectivity index (χ1) is 10.3. The molecule has 6 heteroatoms. The van der Waals surface area contributed by atoms with Gasteiger partial charge in [0, 0.05) is 25.6 Å². The van der Waals surface area contributed by atoms with E-state index in [-0.39, 0.29) is 0 Å². The molecule has 1 aromatic rings. The highest BCUT2D eigenvalue weighted by Crippen LogP contribution is 2.30. The Morgan fingerprint density at radius 2 is 2.05 bits per heavy atom. The Balaban J connectivity index is 2.01. The first kappa shape index (κ1) is 15.8. The van der Waals surface area contributed by atoms with Crippen molar-refractivity contribution >= 4 is 11.6 Å². The number of methoxy groups -OCH3 is 1. The van der Waals surface area contributed by atoms with Crippen LogP contribution in [0.4, 0.5) is 11.6 Å². The van der Waals surface area contributed by atoms with Crippen LogP contribution in [0.2, 0.25) is 0 Å². The summed E-state index contributed by atoms with van der Waals surface area (Å²) in [6.07, 6.45) is 5.10. The minimum Gasteiger partial charge on any atom is -0.490 e. The van der Waals surface area contributed by atoms with Gasteiger partial charge >= 0.3 is 0 Å². The van der Waals surface area contributed by atoms with Gasteiger partial charge in [-0.1, -0.05) is 13.8 Å². The molecule has 6 nitrogen and oxygen atoms in total. The molecule has 2 N–H and O–H groups in total. The van der Waals surface area contributed by atoms with Crippen LogP contribution in [0.25, 0.3) is 0 Å². The van der Waals surface area contributed by atoms with E-state index in [1.54, 1.807) is 13.4 Å². The fourth-order valence-electron chi connectivity index (χ4n) is 2.67. The number of hydrogen-bond donors (Lipinski definition) is 2. The lowest BCUT2D eigenvalue weighted by atomic mass is 10.00. The van der Waals surface area contributed by atoms with Crippen LogP contribution in [0.5, 0.6) is 5.75 Å². The number of anilines is 2. The van der Waals surface area contributed by atoms with Crippen molar-refractivity contribution in [1.29, 1.82) is 0 Å². The van der Waals surface area contributed by atoms with Gasteiger partial charge in [0.15, 0.2) is 11.6 Å². The largest absolute Gasteiger partial charge is 0.490 e. The van der Waals surface area contributed by atoms with Gasteiger partial charge in [-0.05, 0) is 19.3 Å². The number of rotatable bonds is 8. The van der Waals surface area contributed by atoms with Gasteiger partial charge in [-0.15, -0.1) is 0 Å². The molecule has 1 aromatic heterocycles. The maximum Gasteiger partial charge on any atom is 0.204 e. The summed E-state index contributed by atoms with van der Waals surface area (Å²) >= 11 is 0. The van der Waals surface area contributed by atoms with Crippen LogP contribution in [0.3, 0.4) is 0 Å². The van der Waals surface area contributed by atoms with Crippen molar-refractivity contribution in [3.63, 3.8) is 0 Å². The summed E-state index contributed by atoms with van der Waals surface area (Å²) in [5.41, 5.74) is 0. The second kappa shape index (κ2) is 8.02. The van der Waals surface area contributed by atoms with E-state index < -0.39 is 0 Å². The molecule has 0 amide bonds. The zero-order valence-electron chi connectivity index (χ0n) is 13.2. The van der Waals surface area contributed by atoms with Gasteiger partial charge in [0.1, 0.15) is 6.33 Å². The highest BCUT2D eigenvalue weighted by Gasteiger charge is 2.26. The van der Waals surface area contributed by atoms with E-state index in [0.29, 0.717) is 17.8 Å². The van der Waals surface area contributed by atoms with Gasteiger partial charge in [0.25, 0.3) is 0 Å². The van der Waals surface area contributed by atoms with Crippen molar-refractivity contribution in [2.45, 2.75) is 39.2 Å². The molecule has 1 aliphatic heterocycles. The quantitative estimate of drug-likeness (QED) is 0.768. The Hall–Kier alpha value is -1.56. The maximum atomic E-state index is 5.72. The summed E-state index contributed by atoms with van der Waals surface area (Å²) in [4.78, 5) is 8.55. The monoisotopic (exact) mass is 294 g/mol. The van der Waals surface area contributed by atoms with E-state index in [2.05, 4.69) is 34.4 Å². The van der Waals surface area contributed by atoms with Gasteiger partial charge < -0.3 is 20.1 Å². The molecule has 0 radical (unpaired) electrons. The SMILES string of the molecule is CCCNc1ncnc(NCC2CCOC2CC)c1OC. The van der Waals surface area contributed by atoms with Crippen LogP contribution >= 0.6 is 0 Å². The van der Waals surface area contributed by atoms with Crippen molar-refractivity contribution < 1.29 is 9.47 Å². The van der Waals surface area contributed by atoms with E-state index in [0.717, 1.165) is 50.6 Å². The Morgan fingerprint density at radius 3 is 2.71 bits per heavy atom. The Bertz CT molecular complexity index is 442. The maximum absolute atomic E-state index is 5.72. The van der Waals surface area contributed by atoms with Crippen LogP contribution in [0.15, 0.2) is 6.33 Å². The van der Waals surface area contributed by atoms with Crippen LogP contribution in [-0.2, 0) is 4.74 Å². The lowest BCUT2D eigenvalue weighted by Crippen LogP contribution is -2.23. The molecule has 118 valence electrons. The van der Waals surface area contributed by atoms with E-state index in [1.165, 1.54) is 0 Å². The predicted molar refractivity (Wildman–Crippen MR) is 84.0 cm³/mol. The summed E-state index contributed by atoms with van der Waals surface area (Å²) in [6.45, 7) is 6.85. The summed E-state index contributed by atoms with van der Waals surface area (Å²) in [5.74, 6) is 2.69. The van der Waals surface area contributed by atoms with Crippen molar-refractivity contribution in [2.75, 3.05) is 37.4 Å². The lowest BCUT2D eigenvalue weighted by molar-refractivity contribution is 0.0900. The Labute approximate surface area is 126 Å². The van der Waals surface area contributed by atoms with Gasteiger partial charge in [-0.2, -0.15) is 0 Å². The Morgan fingerprint density at radius 1 is 1.29 bits per heavy atom. The van der Waals surface area contributed by atoms with Crippen LogP contribution in [-0.4, -0.2) is 42.9 Å². The van der Waals surface area contributed by atoms with E-state index in [9.17, 15) is 0 Å². The molecule has 0 saturated carbocycles. The summed E-state index contributed by atoms with van der Waals surface area (Å²) in [7, 11) is 1.65. The molecule has 1 saturated heterocycles. The van der Waals surface area contributed by atoms with E-state index in [1.807, 2.05) is 0 Å². The van der Waals surface area contributed by atoms with Crippen molar-refractivity contribution in [1.82, 2.24) is 9.97 Å². The lowest BCUT2D eigenvalue weighted by Gasteiger charge is -2.19. The standard InChI is InChI=1S/C15H26N4O2/c1-4-7-16-14-13(20-3)15(19-10-18-14)17-9-11-6-8-21-12(11)5-2/h10-12H,4-9H2,1-3H3,(H2,16,17,18,19). The number of ether oxygens (including phenoxy) is 2. The minimum absolute atomic E-state index is 0.350. The summed E-state index contributed by atoms with van der Waals surface area (Å²) < 4.78 is 11.2. The molecule has 1 aliphatic rings. The van der Waals surface area contributed by atoms with Crippen molar-refractivity contribution in [2.24, 2.45) is 5.92 Å². The molecule has 1 fully saturated rings. The zero-order valence-corrected chi connectivity index (χ0v) is 13.2. The molecule has 2 heterocycles. The first-order valence-electron chi connectivity index (χ1n) is 7.78. The van der Waals surface area contributed by atoms with Crippen LogP contribution < -0.4 is 15.4 Å². The van der Waals surface area contributed by atoms with Crippen molar-refractivity contribution in [3.05, 3.63) is 6.33 Å². The zero-order chi connectivity index (χ0) is 15.1. The topological polar surface area (TPSA) is 68.3 Å². The van der Waals surface area contributed by atoms with Crippen LogP contribution in [0, 0.1) is 5.92 Å². The highest BCUT2D eigenvalue weighted by atomic mass is 16.5. The molecular weight excluding hydrogens is 268 g/mol. The second-order valence-corrected chi connectivity index (χ2v) is 5.28. The molecule has 2 atom stereocenters. The third-order valence-corrected chi connectivity index (χ3v) is 3.83. The Kier molecular flexibility index (Phi) is 6.04.